The van der Waals surface area contributed by atoms with Gasteiger partial charge in [0.1, 0.15) is 5.52 Å². The molecule has 1 aromatic heterocycles. The number of nitrogens with one attached hydrogen (secondary N) is 1. The molecule has 0 atom stereocenters. The summed E-state index contributed by atoms with van der Waals surface area (Å²) in [5.74, 6) is -1.56. The van der Waals surface area contributed by atoms with Crippen LogP contribution in [0.2, 0.25) is 0 Å². The number of aromatic nitrogens is 2. The zero-order chi connectivity index (χ0) is 12.7. The number of nitrogens with zero attached hydrogens (tertiary/aromatic N) is 2. The molecular weight excluding hydrogens is 307 g/mol. The maximum Gasteiger partial charge on any atom is 0.330 e. The molecule has 0 aliphatic heterocycles. The van der Waals surface area contributed by atoms with Crippen LogP contribution in [0.1, 0.15) is 12.0 Å². The molecule has 0 amide bonds. The van der Waals surface area contributed by atoms with Crippen molar-refractivity contribution in [2.45, 2.75) is 6.43 Å². The molecule has 0 unspecified atom stereocenters. The highest BCUT2D eigenvalue weighted by molar-refractivity contribution is 9.10. The molecule has 17 heavy (non-hydrogen) atoms. The van der Waals surface area contributed by atoms with E-state index in [1.54, 1.807) is 0 Å². The van der Waals surface area contributed by atoms with Crippen molar-refractivity contribution in [3.05, 3.63) is 32.2 Å². The van der Waals surface area contributed by atoms with E-state index in [4.69, 9.17) is 0 Å². The van der Waals surface area contributed by atoms with Gasteiger partial charge in [0.2, 0.25) is 5.82 Å². The van der Waals surface area contributed by atoms with Crippen LogP contribution in [0.4, 0.5) is 18.9 Å². The van der Waals surface area contributed by atoms with E-state index < -0.39 is 28.4 Å². The van der Waals surface area contributed by atoms with E-state index >= 15 is 0 Å². The third-order valence-corrected chi connectivity index (χ3v) is 3.05. The van der Waals surface area contributed by atoms with Gasteiger partial charge in [0.15, 0.2) is 0 Å². The summed E-state index contributed by atoms with van der Waals surface area (Å²) in [6.45, 7) is 0. The fourth-order valence-corrected chi connectivity index (χ4v) is 2.12. The van der Waals surface area contributed by atoms with Crippen molar-refractivity contribution in [1.82, 2.24) is 10.2 Å². The molecule has 0 saturated heterocycles. The highest BCUT2D eigenvalue weighted by Gasteiger charge is 2.31. The predicted molar refractivity (Wildman–Crippen MR) is 55.4 cm³/mol. The van der Waals surface area contributed by atoms with Gasteiger partial charge in [-0.15, -0.1) is 0 Å². The van der Waals surface area contributed by atoms with Crippen molar-refractivity contribution in [2.24, 2.45) is 0 Å². The second kappa shape index (κ2) is 3.99. The summed E-state index contributed by atoms with van der Waals surface area (Å²) >= 11 is 2.79. The maximum atomic E-state index is 13.6. The Morgan fingerprint density at radius 1 is 1.53 bits per heavy atom. The molecule has 2 rings (SSSR count). The topological polar surface area (TPSA) is 71.8 Å². The standard InChI is InChI=1S/C8H3BrF3N3O2/c9-4-2-1-13-14-6(2)7(15(16)17)5(10)3(4)8(11)12/h1,8H,(H,13,14). The Balaban J connectivity index is 2.97. The minimum Gasteiger partial charge on any atom is -0.271 e. The summed E-state index contributed by atoms with van der Waals surface area (Å²) < 4.78 is 38.7. The van der Waals surface area contributed by atoms with Gasteiger partial charge in [-0.2, -0.15) is 9.49 Å². The number of alkyl halides is 2. The van der Waals surface area contributed by atoms with Gasteiger partial charge < -0.3 is 0 Å². The highest BCUT2D eigenvalue weighted by atomic mass is 79.9. The monoisotopic (exact) mass is 309 g/mol. The molecule has 2 aromatic rings. The maximum absolute atomic E-state index is 13.6. The zero-order valence-electron chi connectivity index (χ0n) is 7.88. The number of rotatable bonds is 2. The second-order valence-corrected chi connectivity index (χ2v) is 3.90. The fourth-order valence-electron chi connectivity index (χ4n) is 1.47. The van der Waals surface area contributed by atoms with Gasteiger partial charge in [0, 0.05) is 9.86 Å². The summed E-state index contributed by atoms with van der Waals surface area (Å²) in [5.41, 5.74) is -2.30. The molecule has 5 nitrogen and oxygen atoms in total. The van der Waals surface area contributed by atoms with Gasteiger partial charge in [0.25, 0.3) is 6.43 Å². The number of nitro groups is 1. The predicted octanol–water partition coefficient (Wildman–Crippen LogP) is 3.31. The van der Waals surface area contributed by atoms with Crippen LogP contribution in [0.15, 0.2) is 10.7 Å². The molecule has 0 fully saturated rings. The Morgan fingerprint density at radius 3 is 2.71 bits per heavy atom. The van der Waals surface area contributed by atoms with Crippen molar-refractivity contribution in [3.8, 4) is 0 Å². The molecule has 1 aromatic carbocycles. The van der Waals surface area contributed by atoms with Gasteiger partial charge in [-0.05, 0) is 15.9 Å². The Bertz CT molecular complexity index is 614. The van der Waals surface area contributed by atoms with E-state index in [1.165, 1.54) is 0 Å². The van der Waals surface area contributed by atoms with Crippen LogP contribution in [0.25, 0.3) is 10.9 Å². The van der Waals surface area contributed by atoms with Crippen LogP contribution in [-0.4, -0.2) is 15.1 Å². The van der Waals surface area contributed by atoms with Crippen LogP contribution in [0, 0.1) is 15.9 Å². The third kappa shape index (κ3) is 1.66. The number of nitro benzene ring substituents is 1. The smallest absolute Gasteiger partial charge is 0.271 e. The number of H-pyrrole nitrogens is 1. The van der Waals surface area contributed by atoms with Crippen molar-refractivity contribution in [3.63, 3.8) is 0 Å². The molecule has 0 aliphatic carbocycles. The number of benzene rings is 1. The Kier molecular flexibility index (Phi) is 2.77. The van der Waals surface area contributed by atoms with Crippen LogP contribution >= 0.6 is 15.9 Å². The first-order chi connectivity index (χ1) is 7.95. The molecule has 1 heterocycles. The Hall–Kier alpha value is -1.64. The Labute approximate surface area is 99.9 Å². The van der Waals surface area contributed by atoms with Crippen molar-refractivity contribution in [1.29, 1.82) is 0 Å². The first-order valence-corrected chi connectivity index (χ1v) is 5.01. The summed E-state index contributed by atoms with van der Waals surface area (Å²) in [7, 11) is 0. The van der Waals surface area contributed by atoms with Crippen LogP contribution in [0.5, 0.6) is 0 Å². The van der Waals surface area contributed by atoms with Gasteiger partial charge in [0.05, 0.1) is 16.7 Å². The van der Waals surface area contributed by atoms with Gasteiger partial charge in [-0.3, -0.25) is 15.2 Å². The van der Waals surface area contributed by atoms with E-state index in [0.29, 0.717) is 0 Å². The SMILES string of the molecule is O=[N+]([O-])c1c(F)c(C(F)F)c(Br)c2cn[nH]c12. The first kappa shape index (κ1) is 11.8. The van der Waals surface area contributed by atoms with E-state index in [1.807, 2.05) is 0 Å². The molecule has 1 N–H and O–H groups in total. The lowest BCUT2D eigenvalue weighted by atomic mass is 10.1. The summed E-state index contributed by atoms with van der Waals surface area (Å²) in [4.78, 5) is 9.62. The van der Waals surface area contributed by atoms with Crippen LogP contribution in [-0.2, 0) is 0 Å². The number of hydrogen-bond donors (Lipinski definition) is 1. The lowest BCUT2D eigenvalue weighted by molar-refractivity contribution is -0.386. The molecule has 0 bridgehead atoms. The lowest BCUT2D eigenvalue weighted by Crippen LogP contribution is -2.01. The second-order valence-electron chi connectivity index (χ2n) is 3.11. The van der Waals surface area contributed by atoms with Crippen LogP contribution < -0.4 is 0 Å². The average molecular weight is 310 g/mol. The van der Waals surface area contributed by atoms with Crippen molar-refractivity contribution in [2.75, 3.05) is 0 Å². The first-order valence-electron chi connectivity index (χ1n) is 4.21. The average Bonchev–Trinajstić information content (AvgIpc) is 2.65. The number of aromatic amines is 1. The molecule has 9 heteroatoms. The fraction of sp³-hybridized carbons (Fsp3) is 0.125. The highest BCUT2D eigenvalue weighted by Crippen LogP contribution is 2.40. The molecular formula is C8H3BrF3N3O2. The molecule has 0 saturated carbocycles. The molecule has 90 valence electrons. The molecule has 0 radical (unpaired) electrons. The molecule has 0 spiro atoms. The normalized spacial score (nSPS) is 11.4. The Morgan fingerprint density at radius 2 is 2.18 bits per heavy atom. The number of halogens is 4. The van der Waals surface area contributed by atoms with Crippen molar-refractivity contribution >= 4 is 32.5 Å². The minimum absolute atomic E-state index is 0.0356. The summed E-state index contributed by atoms with van der Waals surface area (Å²) in [6.07, 6.45) is -2.06. The molecule has 0 aliphatic rings. The van der Waals surface area contributed by atoms with E-state index in [-0.39, 0.29) is 15.4 Å². The van der Waals surface area contributed by atoms with Crippen LogP contribution in [0.3, 0.4) is 0 Å². The summed E-state index contributed by atoms with van der Waals surface area (Å²) in [6, 6.07) is 0. The quantitative estimate of drug-likeness (QED) is 0.683. The van der Waals surface area contributed by atoms with Gasteiger partial charge in [-0.1, -0.05) is 0 Å². The number of fused-ring (bicyclic) bond motifs is 1. The van der Waals surface area contributed by atoms with E-state index in [0.717, 1.165) is 6.20 Å². The minimum atomic E-state index is -3.16. The lowest BCUT2D eigenvalue weighted by Gasteiger charge is -2.06. The van der Waals surface area contributed by atoms with Gasteiger partial charge >= 0.3 is 5.69 Å². The van der Waals surface area contributed by atoms with Gasteiger partial charge in [-0.25, -0.2) is 8.78 Å². The zero-order valence-corrected chi connectivity index (χ0v) is 9.46. The largest absolute Gasteiger partial charge is 0.330 e. The third-order valence-electron chi connectivity index (χ3n) is 2.19. The van der Waals surface area contributed by atoms with E-state index in [2.05, 4.69) is 26.1 Å². The van der Waals surface area contributed by atoms with E-state index in [9.17, 15) is 23.3 Å². The number of hydrogen-bond acceptors (Lipinski definition) is 3. The summed E-state index contributed by atoms with van der Waals surface area (Å²) in [5, 5.41) is 16.4. The van der Waals surface area contributed by atoms with Crippen molar-refractivity contribution < 1.29 is 18.1 Å².